The van der Waals surface area contributed by atoms with Crippen LogP contribution in [0.25, 0.3) is 0 Å². The van der Waals surface area contributed by atoms with E-state index in [2.05, 4.69) is 4.74 Å². The SMILES string of the molecule is COC(=O)C1CC(c2cccc(OC(F)F)c2)CN(C(=O)N2CCOCC2)C1. The molecule has 1 aromatic rings. The number of methoxy groups -OCH3 is 1. The van der Waals surface area contributed by atoms with E-state index >= 15 is 0 Å². The zero-order valence-electron chi connectivity index (χ0n) is 15.7. The molecule has 2 aliphatic rings. The second-order valence-corrected chi connectivity index (χ2v) is 6.89. The van der Waals surface area contributed by atoms with Gasteiger partial charge in [-0.2, -0.15) is 8.78 Å². The van der Waals surface area contributed by atoms with Crippen LogP contribution >= 0.6 is 0 Å². The maximum absolute atomic E-state index is 12.9. The lowest BCUT2D eigenvalue weighted by Crippen LogP contribution is -2.53. The molecular weight excluding hydrogens is 374 g/mol. The molecule has 0 N–H and O–H groups in total. The van der Waals surface area contributed by atoms with E-state index in [1.807, 2.05) is 0 Å². The van der Waals surface area contributed by atoms with E-state index in [1.54, 1.807) is 21.9 Å². The summed E-state index contributed by atoms with van der Waals surface area (Å²) in [5, 5.41) is 0. The minimum atomic E-state index is -2.91. The summed E-state index contributed by atoms with van der Waals surface area (Å²) < 4.78 is 39.7. The molecule has 2 fully saturated rings. The van der Waals surface area contributed by atoms with E-state index in [-0.39, 0.29) is 30.2 Å². The van der Waals surface area contributed by atoms with Gasteiger partial charge in [0.05, 0.1) is 26.2 Å². The summed E-state index contributed by atoms with van der Waals surface area (Å²) in [4.78, 5) is 28.4. The highest BCUT2D eigenvalue weighted by Gasteiger charge is 2.37. The lowest BCUT2D eigenvalue weighted by molar-refractivity contribution is -0.147. The fourth-order valence-corrected chi connectivity index (χ4v) is 3.73. The fourth-order valence-electron chi connectivity index (χ4n) is 3.73. The van der Waals surface area contributed by atoms with Gasteiger partial charge in [0.2, 0.25) is 0 Å². The van der Waals surface area contributed by atoms with Crippen LogP contribution < -0.4 is 4.74 Å². The number of hydrogen-bond acceptors (Lipinski definition) is 5. The first kappa shape index (κ1) is 20.3. The number of halogens is 2. The standard InChI is InChI=1S/C19H24F2N2O5/c1-26-17(24)15-9-14(13-3-2-4-16(10-13)28-18(20)21)11-23(12-15)19(25)22-5-7-27-8-6-22/h2-4,10,14-15,18H,5-9,11-12H2,1H3. The van der Waals surface area contributed by atoms with Gasteiger partial charge < -0.3 is 24.0 Å². The smallest absolute Gasteiger partial charge is 0.387 e. The highest BCUT2D eigenvalue weighted by atomic mass is 19.3. The summed E-state index contributed by atoms with van der Waals surface area (Å²) in [5.41, 5.74) is 0.742. The topological polar surface area (TPSA) is 68.3 Å². The molecule has 2 heterocycles. The van der Waals surface area contributed by atoms with Crippen molar-refractivity contribution < 1.29 is 32.6 Å². The number of morpholine rings is 1. The fraction of sp³-hybridized carbons (Fsp3) is 0.579. The number of carbonyl (C=O) groups is 2. The summed E-state index contributed by atoms with van der Waals surface area (Å²) in [5.74, 6) is -0.999. The summed E-state index contributed by atoms with van der Waals surface area (Å²) in [6, 6.07) is 6.26. The zero-order chi connectivity index (χ0) is 20.1. The van der Waals surface area contributed by atoms with Crippen LogP contribution in [0.2, 0.25) is 0 Å². The Balaban J connectivity index is 1.79. The van der Waals surface area contributed by atoms with Crippen molar-refractivity contribution in [3.63, 3.8) is 0 Å². The first-order valence-corrected chi connectivity index (χ1v) is 9.22. The lowest BCUT2D eigenvalue weighted by atomic mass is 9.84. The van der Waals surface area contributed by atoms with Crippen molar-refractivity contribution in [2.45, 2.75) is 19.0 Å². The number of piperidine rings is 1. The van der Waals surface area contributed by atoms with E-state index < -0.39 is 12.5 Å². The van der Waals surface area contributed by atoms with E-state index in [4.69, 9.17) is 9.47 Å². The molecule has 2 saturated heterocycles. The van der Waals surface area contributed by atoms with Crippen molar-refractivity contribution in [3.8, 4) is 5.75 Å². The number of ether oxygens (including phenoxy) is 3. The molecular formula is C19H24F2N2O5. The van der Waals surface area contributed by atoms with Gasteiger partial charge >= 0.3 is 18.6 Å². The summed E-state index contributed by atoms with van der Waals surface area (Å²) in [6.07, 6.45) is 0.470. The molecule has 2 amide bonds. The van der Waals surface area contributed by atoms with Crippen molar-refractivity contribution in [3.05, 3.63) is 29.8 Å². The Hall–Kier alpha value is -2.42. The number of amides is 2. The van der Waals surface area contributed by atoms with Gasteiger partial charge in [0.15, 0.2) is 0 Å². The molecule has 0 bridgehead atoms. The molecule has 7 nitrogen and oxygen atoms in total. The third-order valence-electron chi connectivity index (χ3n) is 5.09. The molecule has 9 heteroatoms. The average molecular weight is 398 g/mol. The number of nitrogens with zero attached hydrogens (tertiary/aromatic N) is 2. The van der Waals surface area contributed by atoms with Crippen LogP contribution in [0.5, 0.6) is 5.75 Å². The zero-order valence-corrected chi connectivity index (χ0v) is 15.7. The van der Waals surface area contributed by atoms with Crippen LogP contribution in [0.3, 0.4) is 0 Å². The van der Waals surface area contributed by atoms with Crippen molar-refractivity contribution >= 4 is 12.0 Å². The van der Waals surface area contributed by atoms with Gasteiger partial charge in [0.25, 0.3) is 0 Å². The van der Waals surface area contributed by atoms with E-state index in [0.29, 0.717) is 39.3 Å². The second-order valence-electron chi connectivity index (χ2n) is 6.89. The Bertz CT molecular complexity index is 697. The van der Waals surface area contributed by atoms with Gasteiger partial charge in [0.1, 0.15) is 5.75 Å². The molecule has 0 aliphatic carbocycles. The van der Waals surface area contributed by atoms with Crippen LogP contribution in [0.1, 0.15) is 17.9 Å². The van der Waals surface area contributed by atoms with E-state index in [9.17, 15) is 18.4 Å². The molecule has 0 spiro atoms. The number of carbonyl (C=O) groups excluding carboxylic acids is 2. The molecule has 3 rings (SSSR count). The minimum Gasteiger partial charge on any atom is -0.469 e. The number of likely N-dealkylation sites (tertiary alicyclic amines) is 1. The van der Waals surface area contributed by atoms with Crippen molar-refractivity contribution in [1.82, 2.24) is 9.80 Å². The number of benzene rings is 1. The predicted molar refractivity (Wildman–Crippen MR) is 95.3 cm³/mol. The number of alkyl halides is 2. The molecule has 2 atom stereocenters. The molecule has 0 saturated carbocycles. The summed E-state index contributed by atoms with van der Waals surface area (Å²) in [7, 11) is 1.32. The Morgan fingerprint density at radius 3 is 2.61 bits per heavy atom. The third kappa shape index (κ3) is 4.89. The molecule has 28 heavy (non-hydrogen) atoms. The van der Waals surface area contributed by atoms with Gasteiger partial charge in [-0.1, -0.05) is 12.1 Å². The summed E-state index contributed by atoms with van der Waals surface area (Å²) >= 11 is 0. The molecule has 0 aromatic heterocycles. The minimum absolute atomic E-state index is 0.0544. The normalized spacial score (nSPS) is 22.9. The Labute approximate surface area is 162 Å². The van der Waals surface area contributed by atoms with Crippen molar-refractivity contribution in [1.29, 1.82) is 0 Å². The Morgan fingerprint density at radius 1 is 1.18 bits per heavy atom. The number of esters is 1. The first-order chi connectivity index (χ1) is 13.5. The molecule has 2 unspecified atom stereocenters. The molecule has 154 valence electrons. The molecule has 1 aromatic carbocycles. The monoisotopic (exact) mass is 398 g/mol. The second kappa shape index (κ2) is 9.18. The van der Waals surface area contributed by atoms with Crippen LogP contribution in [0.4, 0.5) is 13.6 Å². The maximum atomic E-state index is 12.9. The third-order valence-corrected chi connectivity index (χ3v) is 5.09. The van der Waals surface area contributed by atoms with E-state index in [1.165, 1.54) is 19.2 Å². The van der Waals surface area contributed by atoms with Gasteiger partial charge in [-0.15, -0.1) is 0 Å². The van der Waals surface area contributed by atoms with Crippen LogP contribution in [-0.4, -0.2) is 74.9 Å². The van der Waals surface area contributed by atoms with Crippen molar-refractivity contribution in [2.24, 2.45) is 5.92 Å². The van der Waals surface area contributed by atoms with Gasteiger partial charge in [0, 0.05) is 32.1 Å². The largest absolute Gasteiger partial charge is 0.469 e. The maximum Gasteiger partial charge on any atom is 0.387 e. The Kier molecular flexibility index (Phi) is 6.66. The number of rotatable bonds is 4. The van der Waals surface area contributed by atoms with Gasteiger partial charge in [-0.3, -0.25) is 4.79 Å². The lowest BCUT2D eigenvalue weighted by Gasteiger charge is -2.40. The number of hydrogen-bond donors (Lipinski definition) is 0. The first-order valence-electron chi connectivity index (χ1n) is 9.22. The van der Waals surface area contributed by atoms with Crippen LogP contribution in [0.15, 0.2) is 24.3 Å². The summed E-state index contributed by atoms with van der Waals surface area (Å²) in [6.45, 7) is -0.286. The van der Waals surface area contributed by atoms with Crippen molar-refractivity contribution in [2.75, 3.05) is 46.5 Å². The Morgan fingerprint density at radius 2 is 1.93 bits per heavy atom. The number of urea groups is 1. The highest BCUT2D eigenvalue weighted by Crippen LogP contribution is 2.33. The van der Waals surface area contributed by atoms with E-state index in [0.717, 1.165) is 5.56 Å². The molecule has 0 radical (unpaired) electrons. The van der Waals surface area contributed by atoms with Gasteiger partial charge in [-0.05, 0) is 24.1 Å². The highest BCUT2D eigenvalue weighted by molar-refractivity contribution is 5.77. The average Bonchev–Trinajstić information content (AvgIpc) is 2.72. The quantitative estimate of drug-likeness (QED) is 0.729. The van der Waals surface area contributed by atoms with Crippen LogP contribution in [0, 0.1) is 5.92 Å². The predicted octanol–water partition coefficient (Wildman–Crippen LogP) is 2.32. The van der Waals surface area contributed by atoms with Gasteiger partial charge in [-0.25, -0.2) is 4.79 Å². The van der Waals surface area contributed by atoms with Crippen LogP contribution in [-0.2, 0) is 14.3 Å². The molecule has 2 aliphatic heterocycles.